The zero-order valence-corrected chi connectivity index (χ0v) is 28.2. The Balaban J connectivity index is 1.76. The van der Waals surface area contributed by atoms with Crippen molar-refractivity contribution in [2.24, 2.45) is 15.9 Å². The fourth-order valence-corrected chi connectivity index (χ4v) is 7.31. The second-order valence-electron chi connectivity index (χ2n) is 13.2. The second-order valence-corrected chi connectivity index (χ2v) is 13.2. The average molecular weight is 593 g/mol. The molecule has 0 aliphatic carbocycles. The first-order valence-electron chi connectivity index (χ1n) is 18.0. The standard InChI is InChI=1S/C40H56N4/c1-6-11-16-29-32-19-21-34(41-32)30(17-12-7-2)36-23-25-38(43-36)40(27-14-9-4,28-15-10-5)39-26-24-37(44-39)31(18-13-8-3)35-22-20-33(29)42-35/h19-26,29,43-44H,6-18,27-28H2,1-5H3/b34-30-,35-31-. The number of aromatic amines is 2. The van der Waals surface area contributed by atoms with Gasteiger partial charge in [0.25, 0.3) is 0 Å². The first-order chi connectivity index (χ1) is 21.6. The Morgan fingerprint density at radius 3 is 1.45 bits per heavy atom. The Morgan fingerprint density at radius 1 is 0.568 bits per heavy atom. The third kappa shape index (κ3) is 6.75. The van der Waals surface area contributed by atoms with E-state index in [4.69, 9.17) is 9.98 Å². The highest BCUT2D eigenvalue weighted by atomic mass is 14.9. The van der Waals surface area contributed by atoms with Crippen molar-refractivity contribution in [3.8, 4) is 0 Å². The molecule has 8 bridgehead atoms. The van der Waals surface area contributed by atoms with Crippen LogP contribution < -0.4 is 0 Å². The number of aromatic nitrogens is 2. The van der Waals surface area contributed by atoms with Crippen LogP contribution in [0.5, 0.6) is 0 Å². The summed E-state index contributed by atoms with van der Waals surface area (Å²) in [5, 5.41) is 0. The van der Waals surface area contributed by atoms with Gasteiger partial charge in [-0.3, -0.25) is 9.98 Å². The molecule has 44 heavy (non-hydrogen) atoms. The molecule has 0 atom stereocenters. The summed E-state index contributed by atoms with van der Waals surface area (Å²) in [5.74, 6) is 0.222. The van der Waals surface area contributed by atoms with Crippen LogP contribution in [0.15, 0.2) is 69.9 Å². The van der Waals surface area contributed by atoms with Crippen LogP contribution in [0.3, 0.4) is 0 Å². The number of aliphatic imine (C=N–C) groups is 2. The Kier molecular flexibility index (Phi) is 11.2. The summed E-state index contributed by atoms with van der Waals surface area (Å²) in [6.45, 7) is 11.5. The van der Waals surface area contributed by atoms with Crippen LogP contribution in [-0.4, -0.2) is 21.4 Å². The van der Waals surface area contributed by atoms with Crippen molar-refractivity contribution in [1.82, 2.24) is 9.97 Å². The lowest BCUT2D eigenvalue weighted by Gasteiger charge is -2.33. The van der Waals surface area contributed by atoms with Gasteiger partial charge < -0.3 is 9.97 Å². The van der Waals surface area contributed by atoms with E-state index in [0.717, 1.165) is 56.3 Å². The molecule has 2 N–H and O–H groups in total. The number of rotatable bonds is 15. The van der Waals surface area contributed by atoms with Crippen LogP contribution in [0.2, 0.25) is 0 Å². The summed E-state index contributed by atoms with van der Waals surface area (Å²) in [6, 6.07) is 9.49. The number of fused-ring (bicyclic) bond motifs is 6. The van der Waals surface area contributed by atoms with E-state index in [1.807, 2.05) is 0 Å². The lowest BCUT2D eigenvalue weighted by molar-refractivity contribution is 0.389. The molecule has 3 aliphatic heterocycles. The molecule has 0 radical (unpaired) electrons. The van der Waals surface area contributed by atoms with Crippen molar-refractivity contribution < 1.29 is 0 Å². The summed E-state index contributed by atoms with van der Waals surface area (Å²) in [6.07, 6.45) is 26.3. The molecule has 0 amide bonds. The maximum absolute atomic E-state index is 5.38. The molecule has 5 heterocycles. The van der Waals surface area contributed by atoms with Gasteiger partial charge >= 0.3 is 0 Å². The van der Waals surface area contributed by atoms with Gasteiger partial charge in [0.05, 0.1) is 28.2 Å². The summed E-state index contributed by atoms with van der Waals surface area (Å²) < 4.78 is 0. The molecule has 0 aromatic carbocycles. The van der Waals surface area contributed by atoms with Gasteiger partial charge in [-0.15, -0.1) is 0 Å². The molecule has 0 unspecified atom stereocenters. The summed E-state index contributed by atoms with van der Waals surface area (Å²) in [7, 11) is 0. The van der Waals surface area contributed by atoms with Crippen molar-refractivity contribution in [1.29, 1.82) is 0 Å². The van der Waals surface area contributed by atoms with Gasteiger partial charge in [-0.25, -0.2) is 0 Å². The molecule has 5 rings (SSSR count). The highest BCUT2D eigenvalue weighted by Gasteiger charge is 2.37. The molecule has 2 aromatic heterocycles. The average Bonchev–Trinajstić information content (AvgIpc) is 3.87. The number of allylic oxidation sites excluding steroid dienone is 6. The van der Waals surface area contributed by atoms with Gasteiger partial charge in [-0.05, 0) is 93.5 Å². The molecule has 4 heteroatoms. The minimum atomic E-state index is -0.0776. The zero-order valence-electron chi connectivity index (χ0n) is 28.2. The van der Waals surface area contributed by atoms with E-state index in [2.05, 4.69) is 93.2 Å². The highest BCUT2D eigenvalue weighted by Crippen LogP contribution is 2.43. The molecule has 0 saturated heterocycles. The van der Waals surface area contributed by atoms with Crippen molar-refractivity contribution in [3.63, 3.8) is 0 Å². The lowest BCUT2D eigenvalue weighted by Crippen LogP contribution is -2.29. The maximum atomic E-state index is 5.38. The van der Waals surface area contributed by atoms with Crippen LogP contribution in [-0.2, 0) is 5.41 Å². The largest absolute Gasteiger partial charge is 0.358 e. The number of unbranched alkanes of at least 4 members (excludes halogenated alkanes) is 5. The normalized spacial score (nSPS) is 22.2. The van der Waals surface area contributed by atoms with Crippen LogP contribution >= 0.6 is 0 Å². The highest BCUT2D eigenvalue weighted by molar-refractivity contribution is 6.19. The fourth-order valence-electron chi connectivity index (χ4n) is 7.31. The summed E-state index contributed by atoms with van der Waals surface area (Å²) in [4.78, 5) is 18.8. The zero-order chi connectivity index (χ0) is 30.9. The monoisotopic (exact) mass is 592 g/mol. The minimum absolute atomic E-state index is 0.0776. The molecule has 0 fully saturated rings. The van der Waals surface area contributed by atoms with Gasteiger partial charge in [0.2, 0.25) is 0 Å². The van der Waals surface area contributed by atoms with Gasteiger partial charge in [0.1, 0.15) is 0 Å². The Bertz CT molecular complexity index is 1340. The molecule has 0 spiro atoms. The van der Waals surface area contributed by atoms with Crippen molar-refractivity contribution in [3.05, 3.63) is 82.7 Å². The number of nitrogens with zero attached hydrogens (tertiary/aromatic N) is 2. The molecule has 3 aliphatic rings. The van der Waals surface area contributed by atoms with Gasteiger partial charge in [0.15, 0.2) is 0 Å². The van der Waals surface area contributed by atoms with E-state index >= 15 is 0 Å². The summed E-state index contributed by atoms with van der Waals surface area (Å²) in [5.41, 5.74) is 12.4. The van der Waals surface area contributed by atoms with Crippen LogP contribution in [0, 0.1) is 5.92 Å². The molecule has 0 saturated carbocycles. The first-order valence-corrected chi connectivity index (χ1v) is 18.0. The maximum Gasteiger partial charge on any atom is 0.0686 e. The van der Waals surface area contributed by atoms with E-state index in [1.54, 1.807) is 0 Å². The van der Waals surface area contributed by atoms with Gasteiger partial charge in [-0.2, -0.15) is 0 Å². The van der Waals surface area contributed by atoms with Gasteiger partial charge in [-0.1, -0.05) is 86.0 Å². The van der Waals surface area contributed by atoms with E-state index in [0.29, 0.717) is 0 Å². The van der Waals surface area contributed by atoms with E-state index < -0.39 is 0 Å². The molecule has 236 valence electrons. The minimum Gasteiger partial charge on any atom is -0.358 e. The van der Waals surface area contributed by atoms with Crippen LogP contribution in [0.4, 0.5) is 0 Å². The van der Waals surface area contributed by atoms with Gasteiger partial charge in [0, 0.05) is 39.8 Å². The summed E-state index contributed by atoms with van der Waals surface area (Å²) >= 11 is 0. The van der Waals surface area contributed by atoms with Crippen molar-refractivity contribution in [2.45, 2.75) is 136 Å². The lowest BCUT2D eigenvalue weighted by atomic mass is 9.73. The smallest absolute Gasteiger partial charge is 0.0686 e. The number of nitrogens with one attached hydrogen (secondary N) is 2. The Morgan fingerprint density at radius 2 is 1.02 bits per heavy atom. The van der Waals surface area contributed by atoms with Crippen LogP contribution in [0.25, 0.3) is 11.1 Å². The predicted octanol–water partition coefficient (Wildman–Crippen LogP) is 11.7. The quantitative estimate of drug-likeness (QED) is 0.207. The van der Waals surface area contributed by atoms with E-state index in [1.165, 1.54) is 96.7 Å². The predicted molar refractivity (Wildman–Crippen MR) is 190 cm³/mol. The van der Waals surface area contributed by atoms with E-state index in [9.17, 15) is 0 Å². The molecule has 2 aromatic rings. The van der Waals surface area contributed by atoms with Crippen molar-refractivity contribution >= 4 is 22.6 Å². The SMILES string of the molecule is CCCC/C1=C2\C=CC(=N2)C(CCCC)C2=N/C(=C(/CCCC)c3ccc([nH]3)C(CCCC)(CCCC)c3ccc1[nH]3)C=C2. The second kappa shape index (κ2) is 15.2. The number of hydrogen-bond acceptors (Lipinski definition) is 2. The molecular formula is C40H56N4. The third-order valence-corrected chi connectivity index (χ3v) is 10.0. The molecular weight excluding hydrogens is 536 g/mol. The Labute approximate surface area is 267 Å². The molecule has 4 nitrogen and oxygen atoms in total. The third-order valence-electron chi connectivity index (χ3n) is 10.0. The van der Waals surface area contributed by atoms with E-state index in [-0.39, 0.29) is 11.3 Å². The topological polar surface area (TPSA) is 56.3 Å². The fraction of sp³-hybridized carbons (Fsp3) is 0.550. The van der Waals surface area contributed by atoms with Crippen LogP contribution in [0.1, 0.15) is 154 Å². The Hall–Kier alpha value is -3.14. The van der Waals surface area contributed by atoms with Crippen molar-refractivity contribution in [2.75, 3.05) is 0 Å². The number of hydrogen-bond donors (Lipinski definition) is 2. The first kappa shape index (κ1) is 32.3. The number of H-pyrrole nitrogens is 2.